The Labute approximate surface area is 153 Å². The van der Waals surface area contributed by atoms with E-state index in [2.05, 4.69) is 11.4 Å². The van der Waals surface area contributed by atoms with Crippen molar-refractivity contribution in [2.45, 2.75) is 51.2 Å². The summed E-state index contributed by atoms with van der Waals surface area (Å²) in [6, 6.07) is 7.13. The minimum Gasteiger partial charge on any atom is -0.485 e. The van der Waals surface area contributed by atoms with Gasteiger partial charge in [0.1, 0.15) is 6.61 Å². The fraction of sp³-hybridized carbons (Fsp3) is 0.500. The van der Waals surface area contributed by atoms with Gasteiger partial charge in [-0.1, -0.05) is 23.8 Å². The van der Waals surface area contributed by atoms with Crippen molar-refractivity contribution in [2.24, 2.45) is 0 Å². The van der Waals surface area contributed by atoms with Gasteiger partial charge in [-0.05, 0) is 51.2 Å². The Morgan fingerprint density at radius 2 is 2.08 bits per heavy atom. The Morgan fingerprint density at radius 1 is 1.27 bits per heavy atom. The summed E-state index contributed by atoms with van der Waals surface area (Å²) < 4.78 is 16.3. The van der Waals surface area contributed by atoms with Gasteiger partial charge in [0, 0.05) is 6.54 Å². The van der Waals surface area contributed by atoms with E-state index in [1.165, 1.54) is 18.4 Å². The first-order valence-electron chi connectivity index (χ1n) is 9.18. The Bertz CT molecular complexity index is 685. The quantitative estimate of drug-likeness (QED) is 0.624. The zero-order chi connectivity index (χ0) is 18.4. The van der Waals surface area contributed by atoms with Gasteiger partial charge >= 0.3 is 5.97 Å². The van der Waals surface area contributed by atoms with Crippen LogP contribution in [0.25, 0.3) is 0 Å². The predicted molar refractivity (Wildman–Crippen MR) is 96.1 cm³/mol. The molecule has 6 heteroatoms. The summed E-state index contributed by atoms with van der Waals surface area (Å²) in [5, 5.41) is 2.82. The van der Waals surface area contributed by atoms with Gasteiger partial charge in [0.05, 0.1) is 0 Å². The summed E-state index contributed by atoms with van der Waals surface area (Å²) in [6.45, 7) is 2.19. The number of hydrogen-bond donors (Lipinski definition) is 1. The maximum Gasteiger partial charge on any atom is 0.351 e. The lowest BCUT2D eigenvalue weighted by Gasteiger charge is -2.25. The maximum atomic E-state index is 12.2. The third-order valence-corrected chi connectivity index (χ3v) is 4.56. The summed E-state index contributed by atoms with van der Waals surface area (Å²) in [5.41, 5.74) is 1.40. The van der Waals surface area contributed by atoms with Crippen LogP contribution in [0.5, 0.6) is 11.5 Å². The largest absolute Gasteiger partial charge is 0.485 e. The molecule has 3 rings (SSSR count). The number of allylic oxidation sites excluding steroid dienone is 1. The second-order valence-electron chi connectivity index (χ2n) is 6.59. The van der Waals surface area contributed by atoms with E-state index in [1.54, 1.807) is 25.1 Å². The lowest BCUT2D eigenvalue weighted by atomic mass is 9.97. The second-order valence-corrected chi connectivity index (χ2v) is 6.59. The molecule has 0 fully saturated rings. The zero-order valence-electron chi connectivity index (χ0n) is 15.0. The molecule has 0 aromatic heterocycles. The van der Waals surface area contributed by atoms with Crippen molar-refractivity contribution in [3.63, 3.8) is 0 Å². The molecule has 0 bridgehead atoms. The molecule has 6 nitrogen and oxygen atoms in total. The van der Waals surface area contributed by atoms with Crippen LogP contribution in [0.4, 0.5) is 0 Å². The van der Waals surface area contributed by atoms with Gasteiger partial charge in [-0.15, -0.1) is 0 Å². The van der Waals surface area contributed by atoms with Crippen molar-refractivity contribution < 1.29 is 23.8 Å². The molecule has 26 heavy (non-hydrogen) atoms. The van der Waals surface area contributed by atoms with E-state index >= 15 is 0 Å². The van der Waals surface area contributed by atoms with Crippen LogP contribution in [0, 0.1) is 0 Å². The SMILES string of the molecule is C[C@@H](OC(=O)[C@H]1COc2ccccc2O1)C(=O)NCCC1=CCCCC1. The zero-order valence-corrected chi connectivity index (χ0v) is 15.0. The molecule has 1 heterocycles. The van der Waals surface area contributed by atoms with Gasteiger partial charge in [0.2, 0.25) is 6.10 Å². The van der Waals surface area contributed by atoms with Crippen LogP contribution in [0.15, 0.2) is 35.9 Å². The van der Waals surface area contributed by atoms with E-state index in [0.29, 0.717) is 18.0 Å². The Hall–Kier alpha value is -2.50. The number of amides is 1. The van der Waals surface area contributed by atoms with E-state index in [1.807, 2.05) is 6.07 Å². The molecule has 0 spiro atoms. The Kier molecular flexibility index (Phi) is 6.15. The fourth-order valence-electron chi connectivity index (χ4n) is 3.06. The Morgan fingerprint density at radius 3 is 2.85 bits per heavy atom. The third-order valence-electron chi connectivity index (χ3n) is 4.56. The topological polar surface area (TPSA) is 73.9 Å². The number of carbonyl (C=O) groups excluding carboxylic acids is 2. The standard InChI is InChI=1S/C20H25NO5/c1-14(19(22)21-12-11-15-7-3-2-4-8-15)25-20(23)18-13-24-16-9-5-6-10-17(16)26-18/h5-7,9-10,14,18H,2-4,8,11-13H2,1H3,(H,21,22)/t14-,18-/m1/s1. The number of nitrogens with one attached hydrogen (secondary N) is 1. The smallest absolute Gasteiger partial charge is 0.351 e. The molecule has 2 aliphatic rings. The van der Waals surface area contributed by atoms with Crippen molar-refractivity contribution in [3.05, 3.63) is 35.9 Å². The lowest BCUT2D eigenvalue weighted by molar-refractivity contribution is -0.163. The van der Waals surface area contributed by atoms with Gasteiger partial charge in [0.15, 0.2) is 17.6 Å². The molecule has 0 radical (unpaired) electrons. The third kappa shape index (κ3) is 4.77. The fourth-order valence-corrected chi connectivity index (χ4v) is 3.06. The van der Waals surface area contributed by atoms with Crippen LogP contribution in [0.3, 0.4) is 0 Å². The monoisotopic (exact) mass is 359 g/mol. The first-order chi connectivity index (χ1) is 12.6. The molecule has 1 aromatic rings. The van der Waals surface area contributed by atoms with Gasteiger partial charge in [0.25, 0.3) is 5.91 Å². The molecule has 1 N–H and O–H groups in total. The summed E-state index contributed by atoms with van der Waals surface area (Å²) in [4.78, 5) is 24.3. The number of para-hydroxylation sites is 2. The lowest BCUT2D eigenvalue weighted by Crippen LogP contribution is -2.43. The van der Waals surface area contributed by atoms with Gasteiger partial charge in [-0.25, -0.2) is 4.79 Å². The highest BCUT2D eigenvalue weighted by Crippen LogP contribution is 2.31. The highest BCUT2D eigenvalue weighted by molar-refractivity contribution is 5.84. The molecule has 1 aliphatic carbocycles. The van der Waals surface area contributed by atoms with Crippen molar-refractivity contribution >= 4 is 11.9 Å². The van der Waals surface area contributed by atoms with Crippen LogP contribution in [-0.4, -0.2) is 37.2 Å². The van der Waals surface area contributed by atoms with E-state index in [-0.39, 0.29) is 12.5 Å². The van der Waals surface area contributed by atoms with E-state index in [4.69, 9.17) is 14.2 Å². The summed E-state index contributed by atoms with van der Waals surface area (Å²) in [5.74, 6) is 0.196. The summed E-state index contributed by atoms with van der Waals surface area (Å²) in [6.07, 6.45) is 6.09. The van der Waals surface area contributed by atoms with Crippen LogP contribution >= 0.6 is 0 Å². The number of benzene rings is 1. The number of hydrogen-bond acceptors (Lipinski definition) is 5. The first-order valence-corrected chi connectivity index (χ1v) is 9.18. The maximum absolute atomic E-state index is 12.2. The van der Waals surface area contributed by atoms with Crippen molar-refractivity contribution in [1.82, 2.24) is 5.32 Å². The van der Waals surface area contributed by atoms with E-state index < -0.39 is 18.2 Å². The number of carbonyl (C=O) groups is 2. The average molecular weight is 359 g/mol. The van der Waals surface area contributed by atoms with Crippen molar-refractivity contribution in [2.75, 3.05) is 13.2 Å². The average Bonchev–Trinajstić information content (AvgIpc) is 2.68. The van der Waals surface area contributed by atoms with Crippen molar-refractivity contribution in [3.8, 4) is 11.5 Å². The number of rotatable bonds is 6. The molecular formula is C20H25NO5. The first kappa shape index (κ1) is 18.3. The molecular weight excluding hydrogens is 334 g/mol. The van der Waals surface area contributed by atoms with Crippen LogP contribution in [0.2, 0.25) is 0 Å². The summed E-state index contributed by atoms with van der Waals surface area (Å²) in [7, 11) is 0. The van der Waals surface area contributed by atoms with Crippen LogP contribution < -0.4 is 14.8 Å². The Balaban J connectivity index is 1.42. The van der Waals surface area contributed by atoms with Gasteiger partial charge < -0.3 is 19.5 Å². The minimum absolute atomic E-state index is 0.0678. The van der Waals surface area contributed by atoms with E-state index in [9.17, 15) is 9.59 Å². The predicted octanol–water partition coefficient (Wildman–Crippen LogP) is 2.76. The highest BCUT2D eigenvalue weighted by atomic mass is 16.6. The van der Waals surface area contributed by atoms with Crippen molar-refractivity contribution in [1.29, 1.82) is 0 Å². The summed E-state index contributed by atoms with van der Waals surface area (Å²) >= 11 is 0. The van der Waals surface area contributed by atoms with Crippen LogP contribution in [-0.2, 0) is 14.3 Å². The van der Waals surface area contributed by atoms with Crippen LogP contribution in [0.1, 0.15) is 39.0 Å². The molecule has 1 aromatic carbocycles. The molecule has 1 aliphatic heterocycles. The molecule has 2 atom stereocenters. The molecule has 1 amide bonds. The van der Waals surface area contributed by atoms with E-state index in [0.717, 1.165) is 19.3 Å². The highest BCUT2D eigenvalue weighted by Gasteiger charge is 2.31. The molecule has 0 saturated heterocycles. The molecule has 0 unspecified atom stereocenters. The normalized spacial score (nSPS) is 19.9. The van der Waals surface area contributed by atoms with Gasteiger partial charge in [-0.2, -0.15) is 0 Å². The molecule has 0 saturated carbocycles. The molecule has 140 valence electrons. The number of ether oxygens (including phenoxy) is 3. The minimum atomic E-state index is -0.872. The number of fused-ring (bicyclic) bond motifs is 1. The second kappa shape index (κ2) is 8.74. The van der Waals surface area contributed by atoms with Gasteiger partial charge in [-0.3, -0.25) is 4.79 Å². The number of esters is 1.